The second-order valence-electron chi connectivity index (χ2n) is 3.91. The number of hydrogen-bond donors (Lipinski definition) is 2. The Kier molecular flexibility index (Phi) is 3.71. The van der Waals surface area contributed by atoms with Crippen LogP contribution >= 0.6 is 0 Å². The summed E-state index contributed by atoms with van der Waals surface area (Å²) in [4.78, 5) is 22.5. The average molecular weight is 225 g/mol. The van der Waals surface area contributed by atoms with Gasteiger partial charge in [-0.05, 0) is 6.92 Å². The van der Waals surface area contributed by atoms with Crippen LogP contribution in [0.25, 0.3) is 0 Å². The van der Waals surface area contributed by atoms with Crippen molar-refractivity contribution in [3.63, 3.8) is 0 Å². The van der Waals surface area contributed by atoms with Gasteiger partial charge < -0.3 is 15.0 Å². The van der Waals surface area contributed by atoms with Gasteiger partial charge in [0.1, 0.15) is 5.78 Å². The van der Waals surface area contributed by atoms with Crippen molar-refractivity contribution in [1.82, 2.24) is 4.57 Å². The zero-order chi connectivity index (χ0) is 12.3. The number of hydrogen-bond acceptors (Lipinski definition) is 4. The first-order chi connectivity index (χ1) is 7.41. The van der Waals surface area contributed by atoms with Crippen LogP contribution < -0.4 is 0 Å². The van der Waals surface area contributed by atoms with Crippen molar-refractivity contribution < 1.29 is 19.8 Å². The van der Waals surface area contributed by atoms with Crippen molar-refractivity contribution in [1.29, 1.82) is 0 Å². The lowest BCUT2D eigenvalue weighted by Crippen LogP contribution is -2.19. The SMILES string of the molecule is CC(=O)CC(C)C(=O)Cn1c(O)ccc1O. The zero-order valence-electron chi connectivity index (χ0n) is 9.30. The molecule has 2 N–H and O–H groups in total. The third-order valence-corrected chi connectivity index (χ3v) is 2.39. The average Bonchev–Trinajstić information content (AvgIpc) is 2.48. The fraction of sp³-hybridized carbons (Fsp3) is 0.455. The van der Waals surface area contributed by atoms with E-state index in [1.807, 2.05) is 0 Å². The maximum Gasteiger partial charge on any atom is 0.194 e. The van der Waals surface area contributed by atoms with Crippen molar-refractivity contribution in [3.05, 3.63) is 12.1 Å². The molecule has 0 saturated heterocycles. The van der Waals surface area contributed by atoms with E-state index in [0.717, 1.165) is 4.57 Å². The summed E-state index contributed by atoms with van der Waals surface area (Å²) >= 11 is 0. The smallest absolute Gasteiger partial charge is 0.194 e. The summed E-state index contributed by atoms with van der Waals surface area (Å²) in [5, 5.41) is 18.7. The summed E-state index contributed by atoms with van der Waals surface area (Å²) in [7, 11) is 0. The Bertz CT molecular complexity index is 389. The number of nitrogens with zero attached hydrogens (tertiary/aromatic N) is 1. The molecule has 5 heteroatoms. The van der Waals surface area contributed by atoms with Gasteiger partial charge >= 0.3 is 0 Å². The largest absolute Gasteiger partial charge is 0.494 e. The molecule has 1 aromatic heterocycles. The topological polar surface area (TPSA) is 79.5 Å². The van der Waals surface area contributed by atoms with Crippen molar-refractivity contribution in [2.24, 2.45) is 5.92 Å². The van der Waals surface area contributed by atoms with E-state index in [9.17, 15) is 19.8 Å². The van der Waals surface area contributed by atoms with Crippen LogP contribution in [0.1, 0.15) is 20.3 Å². The molecule has 0 amide bonds. The van der Waals surface area contributed by atoms with E-state index < -0.39 is 5.92 Å². The molecule has 1 aromatic rings. The van der Waals surface area contributed by atoms with E-state index in [-0.39, 0.29) is 36.3 Å². The van der Waals surface area contributed by atoms with E-state index in [4.69, 9.17) is 0 Å². The number of Topliss-reactive ketones (excluding diaryl/α,β-unsaturated/α-hetero) is 2. The third-order valence-electron chi connectivity index (χ3n) is 2.39. The number of carbonyl (C=O) groups is 2. The van der Waals surface area contributed by atoms with E-state index in [1.165, 1.54) is 19.1 Å². The fourth-order valence-corrected chi connectivity index (χ4v) is 1.47. The van der Waals surface area contributed by atoms with Gasteiger partial charge in [-0.15, -0.1) is 0 Å². The van der Waals surface area contributed by atoms with Crippen LogP contribution in [0.3, 0.4) is 0 Å². The van der Waals surface area contributed by atoms with Crippen molar-refractivity contribution in [2.75, 3.05) is 0 Å². The van der Waals surface area contributed by atoms with Crippen LogP contribution in [-0.2, 0) is 16.1 Å². The second-order valence-corrected chi connectivity index (χ2v) is 3.91. The minimum Gasteiger partial charge on any atom is -0.494 e. The first kappa shape index (κ1) is 12.3. The molecular weight excluding hydrogens is 210 g/mol. The molecule has 1 unspecified atom stereocenters. The first-order valence-electron chi connectivity index (χ1n) is 5.01. The lowest BCUT2D eigenvalue weighted by atomic mass is 10.0. The molecule has 5 nitrogen and oxygen atoms in total. The quantitative estimate of drug-likeness (QED) is 0.786. The highest BCUT2D eigenvalue weighted by atomic mass is 16.3. The lowest BCUT2D eigenvalue weighted by molar-refractivity contribution is -0.127. The van der Waals surface area contributed by atoms with Gasteiger partial charge in [-0.25, -0.2) is 0 Å². The standard InChI is InChI=1S/C11H15NO4/c1-7(5-8(2)13)9(14)6-12-10(15)3-4-11(12)16/h3-4,7,15-16H,5-6H2,1-2H3. The third kappa shape index (κ3) is 2.85. The number of rotatable bonds is 5. The molecule has 88 valence electrons. The van der Waals surface area contributed by atoms with Gasteiger partial charge in [-0.2, -0.15) is 0 Å². The molecular formula is C11H15NO4. The van der Waals surface area contributed by atoms with E-state index in [2.05, 4.69) is 0 Å². The number of aromatic nitrogens is 1. The van der Waals surface area contributed by atoms with Crippen LogP contribution in [0.5, 0.6) is 11.8 Å². The Balaban J connectivity index is 2.68. The van der Waals surface area contributed by atoms with Crippen LogP contribution in [-0.4, -0.2) is 26.3 Å². The van der Waals surface area contributed by atoms with E-state index in [0.29, 0.717) is 0 Å². The first-order valence-corrected chi connectivity index (χ1v) is 5.01. The van der Waals surface area contributed by atoms with E-state index in [1.54, 1.807) is 6.92 Å². The molecule has 1 atom stereocenters. The predicted octanol–water partition coefficient (Wildman–Crippen LogP) is 1.08. The highest BCUT2D eigenvalue weighted by Gasteiger charge is 2.17. The van der Waals surface area contributed by atoms with Gasteiger partial charge in [-0.1, -0.05) is 6.92 Å². The lowest BCUT2D eigenvalue weighted by Gasteiger charge is -2.10. The maximum absolute atomic E-state index is 11.7. The molecule has 0 fully saturated rings. The summed E-state index contributed by atoms with van der Waals surface area (Å²) in [5.41, 5.74) is 0. The minimum absolute atomic E-state index is 0.0539. The predicted molar refractivity (Wildman–Crippen MR) is 57.2 cm³/mol. The van der Waals surface area contributed by atoms with Gasteiger partial charge in [0.15, 0.2) is 17.5 Å². The molecule has 0 bridgehead atoms. The minimum atomic E-state index is -0.404. The van der Waals surface area contributed by atoms with Gasteiger partial charge in [0.05, 0.1) is 6.54 Å². The van der Waals surface area contributed by atoms with Crippen molar-refractivity contribution >= 4 is 11.6 Å². The number of ketones is 2. The normalized spacial score (nSPS) is 12.4. The summed E-state index contributed by atoms with van der Waals surface area (Å²) in [6, 6.07) is 2.61. The molecule has 0 saturated carbocycles. The number of carbonyl (C=O) groups excluding carboxylic acids is 2. The fourth-order valence-electron chi connectivity index (χ4n) is 1.47. The van der Waals surface area contributed by atoms with Gasteiger partial charge in [0, 0.05) is 24.5 Å². The number of aromatic hydroxyl groups is 2. The highest BCUT2D eigenvalue weighted by molar-refractivity contribution is 5.86. The Labute approximate surface area is 93.3 Å². The Morgan fingerprint density at radius 3 is 2.25 bits per heavy atom. The Morgan fingerprint density at radius 2 is 1.81 bits per heavy atom. The second kappa shape index (κ2) is 4.83. The molecule has 16 heavy (non-hydrogen) atoms. The monoisotopic (exact) mass is 225 g/mol. The van der Waals surface area contributed by atoms with E-state index >= 15 is 0 Å². The molecule has 1 rings (SSSR count). The van der Waals surface area contributed by atoms with Gasteiger partial charge in [0.2, 0.25) is 0 Å². The Morgan fingerprint density at radius 1 is 1.31 bits per heavy atom. The van der Waals surface area contributed by atoms with Crippen LogP contribution in [0.4, 0.5) is 0 Å². The Hall–Kier alpha value is -1.78. The summed E-state index contributed by atoms with van der Waals surface area (Å²) in [6.07, 6.45) is 0.182. The van der Waals surface area contributed by atoms with Crippen LogP contribution in [0.2, 0.25) is 0 Å². The van der Waals surface area contributed by atoms with Crippen LogP contribution in [0, 0.1) is 5.92 Å². The molecule has 0 aliphatic rings. The van der Waals surface area contributed by atoms with Gasteiger partial charge in [-0.3, -0.25) is 9.36 Å². The maximum atomic E-state index is 11.7. The summed E-state index contributed by atoms with van der Waals surface area (Å²) < 4.78 is 1.10. The summed E-state index contributed by atoms with van der Waals surface area (Å²) in [6.45, 7) is 2.95. The summed E-state index contributed by atoms with van der Waals surface area (Å²) in [5.74, 6) is -0.987. The molecule has 0 aliphatic heterocycles. The molecule has 0 aromatic carbocycles. The van der Waals surface area contributed by atoms with Gasteiger partial charge in [0.25, 0.3) is 0 Å². The van der Waals surface area contributed by atoms with Crippen molar-refractivity contribution in [2.45, 2.75) is 26.8 Å². The molecule has 0 aliphatic carbocycles. The zero-order valence-corrected chi connectivity index (χ0v) is 9.30. The molecule has 1 heterocycles. The molecule has 0 spiro atoms. The van der Waals surface area contributed by atoms with Crippen molar-refractivity contribution in [3.8, 4) is 11.8 Å². The highest BCUT2D eigenvalue weighted by Crippen LogP contribution is 2.21. The molecule has 0 radical (unpaired) electrons. The van der Waals surface area contributed by atoms with Crippen LogP contribution in [0.15, 0.2) is 12.1 Å².